The second kappa shape index (κ2) is 8.66. The first kappa shape index (κ1) is 21.3. The monoisotopic (exact) mass is 435 g/mol. The van der Waals surface area contributed by atoms with Crippen LogP contribution in [0.1, 0.15) is 12.5 Å². The maximum Gasteiger partial charge on any atom is 0.416 e. The molecule has 1 fully saturated rings. The van der Waals surface area contributed by atoms with Gasteiger partial charge >= 0.3 is 6.18 Å². The van der Waals surface area contributed by atoms with Gasteiger partial charge in [-0.25, -0.2) is 0 Å². The zero-order chi connectivity index (χ0) is 22.0. The van der Waals surface area contributed by atoms with E-state index in [1.807, 2.05) is 16.7 Å². The van der Waals surface area contributed by atoms with Gasteiger partial charge < -0.3 is 19.7 Å². The van der Waals surface area contributed by atoms with Crippen molar-refractivity contribution in [2.75, 3.05) is 49.6 Å². The highest BCUT2D eigenvalue weighted by molar-refractivity contribution is 5.94. The summed E-state index contributed by atoms with van der Waals surface area (Å²) in [5.41, 5.74) is 0.520. The summed E-state index contributed by atoms with van der Waals surface area (Å²) in [6, 6.07) is 10.3. The second-order valence-corrected chi connectivity index (χ2v) is 7.59. The standard InChI is InChI=1S/C22H24F3N3O3/c1-15(21(29)26-17-5-6-19-20(14-17)31-12-11-30-19)27-7-9-28(10-8-27)18-4-2-3-16(13-18)22(23,24)25/h2-6,13-15H,7-12H2,1H3,(H,26,29). The lowest BCUT2D eigenvalue weighted by molar-refractivity contribution is -0.137. The Morgan fingerprint density at radius 3 is 2.42 bits per heavy atom. The van der Waals surface area contributed by atoms with Crippen LogP contribution in [0.3, 0.4) is 0 Å². The lowest BCUT2D eigenvalue weighted by Gasteiger charge is -2.38. The van der Waals surface area contributed by atoms with Gasteiger partial charge in [-0.1, -0.05) is 6.07 Å². The number of halogens is 3. The van der Waals surface area contributed by atoms with Crippen LogP contribution in [0.4, 0.5) is 24.5 Å². The number of carbonyl (C=O) groups is 1. The van der Waals surface area contributed by atoms with E-state index in [0.29, 0.717) is 62.3 Å². The molecule has 2 aromatic rings. The molecule has 0 bridgehead atoms. The molecule has 2 heterocycles. The summed E-state index contributed by atoms with van der Waals surface area (Å²) in [6.45, 7) is 5.04. The molecule has 0 radical (unpaired) electrons. The van der Waals surface area contributed by atoms with E-state index < -0.39 is 11.7 Å². The Hall–Kier alpha value is -2.94. The van der Waals surface area contributed by atoms with Crippen LogP contribution in [0.5, 0.6) is 11.5 Å². The largest absolute Gasteiger partial charge is 0.486 e. The molecule has 0 saturated carbocycles. The first-order valence-corrected chi connectivity index (χ1v) is 10.2. The van der Waals surface area contributed by atoms with E-state index in [9.17, 15) is 18.0 Å². The average molecular weight is 435 g/mol. The molecule has 1 N–H and O–H groups in total. The number of carbonyl (C=O) groups excluding carboxylic acids is 1. The predicted molar refractivity (Wildman–Crippen MR) is 111 cm³/mol. The summed E-state index contributed by atoms with van der Waals surface area (Å²) in [4.78, 5) is 16.7. The number of piperazine rings is 1. The molecule has 2 aliphatic heterocycles. The smallest absolute Gasteiger partial charge is 0.416 e. The van der Waals surface area contributed by atoms with Gasteiger partial charge in [0, 0.05) is 43.6 Å². The van der Waals surface area contributed by atoms with E-state index in [4.69, 9.17) is 9.47 Å². The van der Waals surface area contributed by atoms with Crippen molar-refractivity contribution in [3.63, 3.8) is 0 Å². The lowest BCUT2D eigenvalue weighted by Crippen LogP contribution is -2.52. The molecule has 2 aliphatic rings. The van der Waals surface area contributed by atoms with E-state index in [1.54, 1.807) is 24.3 Å². The van der Waals surface area contributed by atoms with Gasteiger partial charge in [-0.3, -0.25) is 9.69 Å². The number of anilines is 2. The van der Waals surface area contributed by atoms with Gasteiger partial charge in [-0.05, 0) is 37.3 Å². The lowest BCUT2D eigenvalue weighted by atomic mass is 10.1. The molecular weight excluding hydrogens is 411 g/mol. The van der Waals surface area contributed by atoms with Crippen LogP contribution in [0.2, 0.25) is 0 Å². The van der Waals surface area contributed by atoms with Crippen molar-refractivity contribution in [3.8, 4) is 11.5 Å². The maximum atomic E-state index is 13.0. The second-order valence-electron chi connectivity index (χ2n) is 7.59. The summed E-state index contributed by atoms with van der Waals surface area (Å²) in [6.07, 6.45) is -4.36. The van der Waals surface area contributed by atoms with Crippen LogP contribution in [-0.2, 0) is 11.0 Å². The Labute approximate surface area is 178 Å². The third-order valence-corrected chi connectivity index (χ3v) is 5.59. The number of nitrogens with zero attached hydrogens (tertiary/aromatic N) is 2. The zero-order valence-electron chi connectivity index (χ0n) is 17.1. The number of hydrogen-bond donors (Lipinski definition) is 1. The SMILES string of the molecule is CC(C(=O)Nc1ccc2c(c1)OCCO2)N1CCN(c2cccc(C(F)(F)F)c2)CC1. The summed E-state index contributed by atoms with van der Waals surface area (Å²) in [5.74, 6) is 1.11. The molecular formula is C22H24F3N3O3. The zero-order valence-corrected chi connectivity index (χ0v) is 17.1. The fourth-order valence-electron chi connectivity index (χ4n) is 3.78. The molecule has 166 valence electrons. The fraction of sp³-hybridized carbons (Fsp3) is 0.409. The Morgan fingerprint density at radius 2 is 1.71 bits per heavy atom. The van der Waals surface area contributed by atoms with E-state index in [2.05, 4.69) is 5.32 Å². The molecule has 2 aromatic carbocycles. The topological polar surface area (TPSA) is 54.0 Å². The Kier molecular flexibility index (Phi) is 5.95. The van der Waals surface area contributed by atoms with Gasteiger partial charge in [0.05, 0.1) is 11.6 Å². The highest BCUT2D eigenvalue weighted by atomic mass is 19.4. The minimum atomic E-state index is -4.36. The van der Waals surface area contributed by atoms with Crippen molar-refractivity contribution in [3.05, 3.63) is 48.0 Å². The van der Waals surface area contributed by atoms with Crippen LogP contribution in [-0.4, -0.2) is 56.2 Å². The highest BCUT2D eigenvalue weighted by Gasteiger charge is 2.31. The van der Waals surface area contributed by atoms with Crippen LogP contribution >= 0.6 is 0 Å². The third-order valence-electron chi connectivity index (χ3n) is 5.59. The van der Waals surface area contributed by atoms with E-state index in [0.717, 1.165) is 6.07 Å². The normalized spacial score (nSPS) is 17.9. The van der Waals surface area contributed by atoms with Crippen LogP contribution in [0.25, 0.3) is 0 Å². The quantitative estimate of drug-likeness (QED) is 0.795. The van der Waals surface area contributed by atoms with Crippen molar-refractivity contribution in [2.45, 2.75) is 19.1 Å². The number of hydrogen-bond acceptors (Lipinski definition) is 5. The number of amides is 1. The summed E-state index contributed by atoms with van der Waals surface area (Å²) >= 11 is 0. The number of nitrogens with one attached hydrogen (secondary N) is 1. The van der Waals surface area contributed by atoms with Crippen molar-refractivity contribution >= 4 is 17.3 Å². The molecule has 0 spiro atoms. The number of fused-ring (bicyclic) bond motifs is 1. The van der Waals surface area contributed by atoms with Gasteiger partial charge in [0.25, 0.3) is 0 Å². The molecule has 1 unspecified atom stereocenters. The molecule has 9 heteroatoms. The Morgan fingerprint density at radius 1 is 1.00 bits per heavy atom. The number of rotatable bonds is 4. The van der Waals surface area contributed by atoms with Gasteiger partial charge in [0.2, 0.25) is 5.91 Å². The Balaban J connectivity index is 1.34. The molecule has 4 rings (SSSR count). The van der Waals surface area contributed by atoms with Gasteiger partial charge in [-0.2, -0.15) is 13.2 Å². The molecule has 1 amide bonds. The fourth-order valence-corrected chi connectivity index (χ4v) is 3.78. The van der Waals surface area contributed by atoms with Crippen LogP contribution in [0.15, 0.2) is 42.5 Å². The molecule has 1 atom stereocenters. The molecule has 0 aliphatic carbocycles. The van der Waals surface area contributed by atoms with E-state index in [-0.39, 0.29) is 11.9 Å². The minimum Gasteiger partial charge on any atom is -0.486 e. The maximum absolute atomic E-state index is 13.0. The summed E-state index contributed by atoms with van der Waals surface area (Å²) in [5, 5.41) is 2.90. The first-order valence-electron chi connectivity index (χ1n) is 10.2. The predicted octanol–water partition coefficient (Wildman–Crippen LogP) is 3.63. The van der Waals surface area contributed by atoms with Crippen LogP contribution in [0, 0.1) is 0 Å². The van der Waals surface area contributed by atoms with E-state index in [1.165, 1.54) is 12.1 Å². The van der Waals surface area contributed by atoms with Crippen molar-refractivity contribution in [1.29, 1.82) is 0 Å². The molecule has 0 aromatic heterocycles. The van der Waals surface area contributed by atoms with Gasteiger partial charge in [0.15, 0.2) is 11.5 Å². The molecule has 31 heavy (non-hydrogen) atoms. The number of alkyl halides is 3. The van der Waals surface area contributed by atoms with E-state index >= 15 is 0 Å². The van der Waals surface area contributed by atoms with Crippen molar-refractivity contribution < 1.29 is 27.4 Å². The van der Waals surface area contributed by atoms with Gasteiger partial charge in [-0.15, -0.1) is 0 Å². The van der Waals surface area contributed by atoms with Crippen molar-refractivity contribution in [2.24, 2.45) is 0 Å². The highest BCUT2D eigenvalue weighted by Crippen LogP contribution is 2.33. The molecule has 6 nitrogen and oxygen atoms in total. The van der Waals surface area contributed by atoms with Crippen LogP contribution < -0.4 is 19.7 Å². The third kappa shape index (κ3) is 4.87. The van der Waals surface area contributed by atoms with Crippen molar-refractivity contribution in [1.82, 2.24) is 4.90 Å². The number of ether oxygens (including phenoxy) is 2. The molecule has 1 saturated heterocycles. The summed E-state index contributed by atoms with van der Waals surface area (Å²) in [7, 11) is 0. The number of benzene rings is 2. The minimum absolute atomic E-state index is 0.149. The van der Waals surface area contributed by atoms with Gasteiger partial charge in [0.1, 0.15) is 13.2 Å². The average Bonchev–Trinajstić information content (AvgIpc) is 2.78. The Bertz CT molecular complexity index is 943. The summed E-state index contributed by atoms with van der Waals surface area (Å²) < 4.78 is 50.0. The first-order chi connectivity index (χ1) is 14.8.